The van der Waals surface area contributed by atoms with Crippen molar-refractivity contribution in [3.63, 3.8) is 0 Å². The Morgan fingerprint density at radius 2 is 2.05 bits per heavy atom. The van der Waals surface area contributed by atoms with Crippen LogP contribution in [0.25, 0.3) is 6.08 Å². The topological polar surface area (TPSA) is 26.3 Å². The quantitative estimate of drug-likeness (QED) is 0.454. The Hall–Kier alpha value is -1.25. The minimum atomic E-state index is -0.300. The summed E-state index contributed by atoms with van der Waals surface area (Å²) in [6, 6.07) is 5.35. The van der Waals surface area contributed by atoms with Gasteiger partial charge in [0, 0.05) is 6.08 Å². The maximum atomic E-state index is 11.3. The molecule has 1 aliphatic rings. The van der Waals surface area contributed by atoms with Gasteiger partial charge in [0.05, 0.1) is 16.7 Å². The third-order valence-electron chi connectivity index (χ3n) is 2.73. The molecule has 0 saturated heterocycles. The monoisotopic (exact) mass is 296 g/mol. The van der Waals surface area contributed by atoms with Crippen LogP contribution in [0.4, 0.5) is 0 Å². The van der Waals surface area contributed by atoms with Gasteiger partial charge in [-0.2, -0.15) is 0 Å². The zero-order valence-electron chi connectivity index (χ0n) is 10.3. The first kappa shape index (κ1) is 14.2. The number of carbonyl (C=O) groups excluding carboxylic acids is 1. The van der Waals surface area contributed by atoms with Gasteiger partial charge in [-0.05, 0) is 36.5 Å². The molecule has 2 nitrogen and oxygen atoms in total. The average molecular weight is 297 g/mol. The predicted molar refractivity (Wildman–Crippen MR) is 78.3 cm³/mol. The lowest BCUT2D eigenvalue weighted by molar-refractivity contribution is -0.138. The summed E-state index contributed by atoms with van der Waals surface area (Å²) in [5, 5.41) is 1.04. The molecule has 0 aliphatic heterocycles. The molecular weight excluding hydrogens is 283 g/mol. The highest BCUT2D eigenvalue weighted by atomic mass is 35.5. The first-order valence-electron chi connectivity index (χ1n) is 6.12. The molecule has 0 aromatic heterocycles. The van der Waals surface area contributed by atoms with Crippen LogP contribution in [0.5, 0.6) is 0 Å². The standard InChI is InChI=1S/C15H14Cl2O2/c16-13-8-7-11(9-14(13)17)3-1-2-4-15(18)19-10-12-5-6-12/h1-4,7-9,12H,5-6,10H2. The summed E-state index contributed by atoms with van der Waals surface area (Å²) in [6.45, 7) is 0.541. The van der Waals surface area contributed by atoms with E-state index in [-0.39, 0.29) is 5.97 Å². The number of allylic oxidation sites excluding steroid dienone is 2. The molecule has 19 heavy (non-hydrogen) atoms. The second-order valence-electron chi connectivity index (χ2n) is 4.47. The highest BCUT2D eigenvalue weighted by Gasteiger charge is 2.22. The van der Waals surface area contributed by atoms with E-state index in [4.69, 9.17) is 27.9 Å². The molecule has 1 aromatic carbocycles. The number of benzene rings is 1. The fourth-order valence-electron chi connectivity index (χ4n) is 1.45. The number of halogens is 2. The van der Waals surface area contributed by atoms with Crippen LogP contribution in [-0.4, -0.2) is 12.6 Å². The van der Waals surface area contributed by atoms with E-state index < -0.39 is 0 Å². The average Bonchev–Trinajstić information content (AvgIpc) is 3.20. The van der Waals surface area contributed by atoms with E-state index in [1.165, 1.54) is 18.9 Å². The van der Waals surface area contributed by atoms with E-state index >= 15 is 0 Å². The van der Waals surface area contributed by atoms with Crippen molar-refractivity contribution in [1.29, 1.82) is 0 Å². The normalized spacial score (nSPS) is 15.3. The van der Waals surface area contributed by atoms with Crippen molar-refractivity contribution in [2.45, 2.75) is 12.8 Å². The molecule has 0 amide bonds. The molecule has 0 bridgehead atoms. The van der Waals surface area contributed by atoms with Crippen LogP contribution < -0.4 is 0 Å². The van der Waals surface area contributed by atoms with Gasteiger partial charge in [0.2, 0.25) is 0 Å². The molecule has 2 rings (SSSR count). The predicted octanol–water partition coefficient (Wildman–Crippen LogP) is 4.52. The van der Waals surface area contributed by atoms with Crippen molar-refractivity contribution in [2.75, 3.05) is 6.61 Å². The zero-order valence-corrected chi connectivity index (χ0v) is 11.8. The molecule has 1 fully saturated rings. The van der Waals surface area contributed by atoms with Gasteiger partial charge in [-0.25, -0.2) is 4.79 Å². The third-order valence-corrected chi connectivity index (χ3v) is 3.47. The summed E-state index contributed by atoms with van der Waals surface area (Å²) in [7, 11) is 0. The van der Waals surface area contributed by atoms with Gasteiger partial charge < -0.3 is 4.74 Å². The Bertz CT molecular complexity index is 517. The fraction of sp³-hybridized carbons (Fsp3) is 0.267. The van der Waals surface area contributed by atoms with Gasteiger partial charge in [-0.3, -0.25) is 0 Å². The number of rotatable bonds is 5. The molecule has 0 radical (unpaired) electrons. The lowest BCUT2D eigenvalue weighted by Crippen LogP contribution is -2.03. The smallest absolute Gasteiger partial charge is 0.330 e. The van der Waals surface area contributed by atoms with Gasteiger partial charge in [0.15, 0.2) is 0 Å². The summed E-state index contributed by atoms with van der Waals surface area (Å²) in [4.78, 5) is 11.3. The number of ether oxygens (including phenoxy) is 1. The fourth-order valence-corrected chi connectivity index (χ4v) is 1.76. The lowest BCUT2D eigenvalue weighted by Gasteiger charge is -1.98. The van der Waals surface area contributed by atoms with Gasteiger partial charge in [-0.1, -0.05) is 47.5 Å². The zero-order chi connectivity index (χ0) is 13.7. The van der Waals surface area contributed by atoms with Crippen molar-refractivity contribution in [3.05, 3.63) is 52.0 Å². The number of esters is 1. The molecule has 1 saturated carbocycles. The van der Waals surface area contributed by atoms with Gasteiger partial charge >= 0.3 is 5.97 Å². The Labute approximate surface area is 122 Å². The van der Waals surface area contributed by atoms with Crippen LogP contribution in [0.1, 0.15) is 18.4 Å². The Morgan fingerprint density at radius 3 is 2.74 bits per heavy atom. The molecule has 1 aliphatic carbocycles. The van der Waals surface area contributed by atoms with Crippen LogP contribution in [-0.2, 0) is 9.53 Å². The second kappa shape index (κ2) is 6.78. The van der Waals surface area contributed by atoms with E-state index in [1.54, 1.807) is 24.3 Å². The van der Waals surface area contributed by atoms with Gasteiger partial charge in [0.25, 0.3) is 0 Å². The summed E-state index contributed by atoms with van der Waals surface area (Å²) in [6.07, 6.45) is 9.02. The Kier molecular flexibility index (Phi) is 5.06. The molecular formula is C15H14Cl2O2. The molecule has 0 heterocycles. The lowest BCUT2D eigenvalue weighted by atomic mass is 10.2. The van der Waals surface area contributed by atoms with Crippen LogP contribution >= 0.6 is 23.2 Å². The molecule has 0 N–H and O–H groups in total. The van der Waals surface area contributed by atoms with Crippen LogP contribution in [0.2, 0.25) is 10.0 Å². The first-order valence-corrected chi connectivity index (χ1v) is 6.87. The van der Waals surface area contributed by atoms with E-state index in [9.17, 15) is 4.79 Å². The summed E-state index contributed by atoms with van der Waals surface area (Å²) < 4.78 is 5.05. The van der Waals surface area contributed by atoms with E-state index in [0.29, 0.717) is 22.6 Å². The van der Waals surface area contributed by atoms with E-state index in [2.05, 4.69) is 0 Å². The summed E-state index contributed by atoms with van der Waals surface area (Å²) >= 11 is 11.7. The van der Waals surface area contributed by atoms with Gasteiger partial charge in [-0.15, -0.1) is 0 Å². The third kappa shape index (κ3) is 5.09. The SMILES string of the molecule is O=C(C=CC=Cc1ccc(Cl)c(Cl)c1)OCC1CC1. The second-order valence-corrected chi connectivity index (χ2v) is 5.28. The molecule has 0 atom stereocenters. The number of carbonyl (C=O) groups is 1. The van der Waals surface area contributed by atoms with Crippen LogP contribution in [0, 0.1) is 5.92 Å². The highest BCUT2D eigenvalue weighted by Crippen LogP contribution is 2.28. The van der Waals surface area contributed by atoms with Crippen molar-refractivity contribution in [1.82, 2.24) is 0 Å². The maximum absolute atomic E-state index is 11.3. The molecule has 4 heteroatoms. The van der Waals surface area contributed by atoms with Crippen molar-refractivity contribution in [2.24, 2.45) is 5.92 Å². The summed E-state index contributed by atoms with van der Waals surface area (Å²) in [5.74, 6) is 0.287. The van der Waals surface area contributed by atoms with Gasteiger partial charge in [0.1, 0.15) is 0 Å². The molecule has 0 spiro atoms. The molecule has 100 valence electrons. The number of hydrogen-bond acceptors (Lipinski definition) is 2. The Morgan fingerprint density at radius 1 is 1.26 bits per heavy atom. The Balaban J connectivity index is 1.80. The van der Waals surface area contributed by atoms with E-state index in [1.807, 2.05) is 12.1 Å². The van der Waals surface area contributed by atoms with Crippen molar-refractivity contribution < 1.29 is 9.53 Å². The minimum absolute atomic E-state index is 0.300. The van der Waals surface area contributed by atoms with Crippen LogP contribution in [0.15, 0.2) is 36.4 Å². The maximum Gasteiger partial charge on any atom is 0.330 e. The largest absolute Gasteiger partial charge is 0.462 e. The van der Waals surface area contributed by atoms with Crippen molar-refractivity contribution in [3.8, 4) is 0 Å². The highest BCUT2D eigenvalue weighted by molar-refractivity contribution is 6.42. The molecule has 0 unspecified atom stereocenters. The number of hydrogen-bond donors (Lipinski definition) is 0. The summed E-state index contributed by atoms with van der Waals surface area (Å²) in [5.41, 5.74) is 0.922. The van der Waals surface area contributed by atoms with E-state index in [0.717, 1.165) is 5.56 Å². The first-order chi connectivity index (χ1) is 9.15. The minimum Gasteiger partial charge on any atom is -0.462 e. The van der Waals surface area contributed by atoms with Crippen LogP contribution in [0.3, 0.4) is 0 Å². The van der Waals surface area contributed by atoms with Crippen molar-refractivity contribution >= 4 is 35.2 Å². The molecule has 1 aromatic rings.